The first-order valence-corrected chi connectivity index (χ1v) is 8.62. The second-order valence-electron chi connectivity index (χ2n) is 6.49. The molecule has 1 aromatic heterocycles. The molecular weight excluding hydrogens is 302 g/mol. The Morgan fingerprint density at radius 3 is 2.96 bits per heavy atom. The molecule has 1 fully saturated rings. The van der Waals surface area contributed by atoms with E-state index in [9.17, 15) is 4.79 Å². The van der Waals surface area contributed by atoms with E-state index in [-0.39, 0.29) is 11.8 Å². The van der Waals surface area contributed by atoms with Gasteiger partial charge in [0.05, 0.1) is 31.5 Å². The molecule has 0 spiro atoms. The number of amides is 1. The molecule has 1 amide bonds. The van der Waals surface area contributed by atoms with Crippen LogP contribution in [0.15, 0.2) is 49.1 Å². The van der Waals surface area contributed by atoms with Crippen molar-refractivity contribution in [1.82, 2.24) is 14.5 Å². The average Bonchev–Trinajstić information content (AvgIpc) is 3.17. The highest BCUT2D eigenvalue weighted by molar-refractivity contribution is 5.78. The van der Waals surface area contributed by atoms with Crippen molar-refractivity contribution in [3.63, 3.8) is 0 Å². The van der Waals surface area contributed by atoms with Crippen molar-refractivity contribution in [2.45, 2.75) is 32.4 Å². The number of hydrogen-bond donors (Lipinski definition) is 0. The van der Waals surface area contributed by atoms with Crippen LogP contribution in [0.4, 0.5) is 0 Å². The van der Waals surface area contributed by atoms with Crippen molar-refractivity contribution in [2.24, 2.45) is 5.92 Å². The zero-order valence-electron chi connectivity index (χ0n) is 14.2. The van der Waals surface area contributed by atoms with Crippen molar-refractivity contribution in [1.29, 1.82) is 0 Å². The summed E-state index contributed by atoms with van der Waals surface area (Å²) in [5.41, 5.74) is 1.13. The lowest BCUT2D eigenvalue weighted by atomic mass is 10.0. The van der Waals surface area contributed by atoms with Crippen LogP contribution in [-0.2, 0) is 16.1 Å². The van der Waals surface area contributed by atoms with E-state index >= 15 is 0 Å². The first-order chi connectivity index (χ1) is 11.7. The lowest BCUT2D eigenvalue weighted by Gasteiger charge is -2.34. The summed E-state index contributed by atoms with van der Waals surface area (Å²) in [5.74, 6) is 0.0723. The molecule has 2 atom stereocenters. The topological polar surface area (TPSA) is 47.4 Å². The van der Waals surface area contributed by atoms with E-state index < -0.39 is 0 Å². The highest BCUT2D eigenvalue weighted by atomic mass is 16.5. The molecule has 0 N–H and O–H groups in total. The minimum atomic E-state index is -0.116. The lowest BCUT2D eigenvalue weighted by Crippen LogP contribution is -2.43. The Morgan fingerprint density at radius 1 is 1.38 bits per heavy atom. The summed E-state index contributed by atoms with van der Waals surface area (Å²) in [6.07, 6.45) is 7.74. The van der Waals surface area contributed by atoms with E-state index in [0.717, 1.165) is 31.5 Å². The van der Waals surface area contributed by atoms with Gasteiger partial charge in [0.25, 0.3) is 0 Å². The molecule has 2 unspecified atom stereocenters. The summed E-state index contributed by atoms with van der Waals surface area (Å²) in [6.45, 7) is 4.57. The predicted octanol–water partition coefficient (Wildman–Crippen LogP) is 2.90. The minimum absolute atomic E-state index is 0.116. The van der Waals surface area contributed by atoms with Gasteiger partial charge in [-0.15, -0.1) is 0 Å². The number of rotatable bonds is 6. The highest BCUT2D eigenvalue weighted by Gasteiger charge is 2.27. The molecule has 2 aromatic rings. The Hall–Kier alpha value is -2.14. The number of ether oxygens (including phenoxy) is 1. The summed E-state index contributed by atoms with van der Waals surface area (Å²) in [7, 11) is 0. The van der Waals surface area contributed by atoms with Gasteiger partial charge < -0.3 is 14.2 Å². The molecular formula is C19H25N3O2. The number of aromatic nitrogens is 2. The van der Waals surface area contributed by atoms with Gasteiger partial charge in [0.15, 0.2) is 0 Å². The molecule has 1 aromatic carbocycles. The maximum absolute atomic E-state index is 12.7. The fraction of sp³-hybridized carbons (Fsp3) is 0.474. The molecule has 24 heavy (non-hydrogen) atoms. The SMILES string of the molecule is CC(COCc1ccccc1)C(=O)N1CCCC(n2ccnc2)C1. The zero-order valence-corrected chi connectivity index (χ0v) is 14.2. The van der Waals surface area contributed by atoms with Crippen LogP contribution in [0.25, 0.3) is 0 Å². The van der Waals surface area contributed by atoms with E-state index in [0.29, 0.717) is 19.3 Å². The normalized spacial score (nSPS) is 19.2. The van der Waals surface area contributed by atoms with Crippen LogP contribution in [0.1, 0.15) is 31.4 Å². The van der Waals surface area contributed by atoms with Gasteiger partial charge >= 0.3 is 0 Å². The molecule has 0 aliphatic carbocycles. The van der Waals surface area contributed by atoms with E-state index in [2.05, 4.69) is 9.55 Å². The van der Waals surface area contributed by atoms with E-state index in [1.54, 1.807) is 6.20 Å². The molecule has 0 bridgehead atoms. The molecule has 1 saturated heterocycles. The summed E-state index contributed by atoms with van der Waals surface area (Å²) >= 11 is 0. The molecule has 3 rings (SSSR count). The van der Waals surface area contributed by atoms with Gasteiger partial charge in [-0.25, -0.2) is 4.98 Å². The van der Waals surface area contributed by atoms with E-state index in [1.807, 2.05) is 54.7 Å². The minimum Gasteiger partial charge on any atom is -0.376 e. The summed E-state index contributed by atoms with van der Waals surface area (Å²) in [4.78, 5) is 18.8. The van der Waals surface area contributed by atoms with Gasteiger partial charge in [0.1, 0.15) is 0 Å². The number of nitrogens with zero attached hydrogens (tertiary/aromatic N) is 3. The standard InChI is InChI=1S/C19H25N3O2/c1-16(13-24-14-17-6-3-2-4-7-17)19(23)21-10-5-8-18(12-21)22-11-9-20-15-22/h2-4,6-7,9,11,15-16,18H,5,8,10,12-14H2,1H3. The van der Waals surface area contributed by atoms with Crippen molar-refractivity contribution >= 4 is 5.91 Å². The number of hydrogen-bond acceptors (Lipinski definition) is 3. The molecule has 5 nitrogen and oxygen atoms in total. The third-order valence-corrected chi connectivity index (χ3v) is 4.56. The summed E-state index contributed by atoms with van der Waals surface area (Å²) in [5, 5.41) is 0. The maximum atomic E-state index is 12.7. The molecule has 1 aliphatic rings. The molecule has 1 aliphatic heterocycles. The Morgan fingerprint density at radius 2 is 2.21 bits per heavy atom. The van der Waals surface area contributed by atoms with Crippen molar-refractivity contribution < 1.29 is 9.53 Å². The number of likely N-dealkylation sites (tertiary alicyclic amines) is 1. The fourth-order valence-electron chi connectivity index (χ4n) is 3.19. The zero-order chi connectivity index (χ0) is 16.8. The van der Waals surface area contributed by atoms with Crippen LogP contribution >= 0.6 is 0 Å². The average molecular weight is 327 g/mol. The van der Waals surface area contributed by atoms with Crippen molar-refractivity contribution in [3.8, 4) is 0 Å². The number of piperidine rings is 1. The Bertz CT molecular complexity index is 627. The van der Waals surface area contributed by atoms with E-state index in [4.69, 9.17) is 4.74 Å². The van der Waals surface area contributed by atoms with Gasteiger partial charge in [0, 0.05) is 25.5 Å². The third kappa shape index (κ3) is 4.23. The number of imidazole rings is 1. The molecule has 0 saturated carbocycles. The van der Waals surface area contributed by atoms with Crippen molar-refractivity contribution in [2.75, 3.05) is 19.7 Å². The maximum Gasteiger partial charge on any atom is 0.227 e. The summed E-state index contributed by atoms with van der Waals surface area (Å²) in [6, 6.07) is 10.4. The van der Waals surface area contributed by atoms with Gasteiger partial charge in [-0.3, -0.25) is 4.79 Å². The predicted molar refractivity (Wildman–Crippen MR) is 92.3 cm³/mol. The van der Waals surface area contributed by atoms with Crippen molar-refractivity contribution in [3.05, 3.63) is 54.6 Å². The number of carbonyl (C=O) groups excluding carboxylic acids is 1. The Balaban J connectivity index is 1.48. The van der Waals surface area contributed by atoms with Gasteiger partial charge in [0.2, 0.25) is 5.91 Å². The van der Waals surface area contributed by atoms with Crippen LogP contribution in [0.3, 0.4) is 0 Å². The lowest BCUT2D eigenvalue weighted by molar-refractivity contribution is -0.138. The van der Waals surface area contributed by atoms with E-state index in [1.165, 1.54) is 0 Å². The van der Waals surface area contributed by atoms with Crippen LogP contribution < -0.4 is 0 Å². The largest absolute Gasteiger partial charge is 0.376 e. The van der Waals surface area contributed by atoms with Gasteiger partial charge in [-0.1, -0.05) is 37.3 Å². The molecule has 0 radical (unpaired) electrons. The monoisotopic (exact) mass is 327 g/mol. The van der Waals surface area contributed by atoms with Crippen LogP contribution in [0, 0.1) is 5.92 Å². The first-order valence-electron chi connectivity index (χ1n) is 8.62. The smallest absolute Gasteiger partial charge is 0.227 e. The molecule has 2 heterocycles. The second-order valence-corrected chi connectivity index (χ2v) is 6.49. The number of benzene rings is 1. The third-order valence-electron chi connectivity index (χ3n) is 4.56. The highest BCUT2D eigenvalue weighted by Crippen LogP contribution is 2.22. The van der Waals surface area contributed by atoms with Gasteiger partial charge in [-0.2, -0.15) is 0 Å². The van der Waals surface area contributed by atoms with Crippen LogP contribution in [0.5, 0.6) is 0 Å². The van der Waals surface area contributed by atoms with Crippen LogP contribution in [0.2, 0.25) is 0 Å². The molecule has 128 valence electrons. The van der Waals surface area contributed by atoms with Crippen LogP contribution in [-0.4, -0.2) is 40.1 Å². The van der Waals surface area contributed by atoms with Gasteiger partial charge in [-0.05, 0) is 18.4 Å². The first kappa shape index (κ1) is 16.7. The Labute approximate surface area is 143 Å². The Kier molecular flexibility index (Phi) is 5.64. The quantitative estimate of drug-likeness (QED) is 0.819. The fourth-order valence-corrected chi connectivity index (χ4v) is 3.19. The summed E-state index contributed by atoms with van der Waals surface area (Å²) < 4.78 is 7.84. The number of carbonyl (C=O) groups is 1. The second kappa shape index (κ2) is 8.11. The molecule has 5 heteroatoms.